The average molecular weight is 450 g/mol. The van der Waals surface area contributed by atoms with Crippen molar-refractivity contribution in [3.8, 4) is 33.9 Å². The van der Waals surface area contributed by atoms with Crippen LogP contribution in [0.3, 0.4) is 0 Å². The maximum Gasteiger partial charge on any atom is 0.226 e. The zero-order valence-electron chi connectivity index (χ0n) is 16.9. The van der Waals surface area contributed by atoms with Crippen molar-refractivity contribution in [1.82, 2.24) is 15.0 Å². The van der Waals surface area contributed by atoms with E-state index < -0.39 is 0 Å². The van der Waals surface area contributed by atoms with Gasteiger partial charge in [-0.2, -0.15) is 9.97 Å². The molecule has 0 saturated heterocycles. The van der Waals surface area contributed by atoms with Crippen molar-refractivity contribution >= 4 is 43.1 Å². The first-order chi connectivity index (χ1) is 15.7. The standard InChI is InChI=1S/C27H16ClN3S/c28-27-30-25(19-12-10-18(11-13-19)17-6-2-1-3-7-17)29-26(31-27)20-14-15-24-22(16-20)21-8-4-5-9-23(21)32-24/h1-16H. The molecule has 0 amide bonds. The molecule has 3 nitrogen and oxygen atoms in total. The summed E-state index contributed by atoms with van der Waals surface area (Å²) in [6, 6.07) is 33.2. The molecule has 0 aliphatic carbocycles. The topological polar surface area (TPSA) is 38.7 Å². The largest absolute Gasteiger partial charge is 0.226 e. The predicted molar refractivity (Wildman–Crippen MR) is 134 cm³/mol. The summed E-state index contributed by atoms with van der Waals surface area (Å²) in [5.41, 5.74) is 4.14. The number of fused-ring (bicyclic) bond motifs is 3. The maximum absolute atomic E-state index is 6.31. The lowest BCUT2D eigenvalue weighted by Gasteiger charge is -2.07. The average Bonchev–Trinajstić information content (AvgIpc) is 3.22. The molecule has 6 rings (SSSR count). The Kier molecular flexibility index (Phi) is 4.67. The fraction of sp³-hybridized carbons (Fsp3) is 0. The van der Waals surface area contributed by atoms with Crippen LogP contribution in [0.2, 0.25) is 5.28 Å². The van der Waals surface area contributed by atoms with Crippen LogP contribution in [0.25, 0.3) is 54.1 Å². The molecule has 0 radical (unpaired) electrons. The number of rotatable bonds is 3. The molecule has 2 heterocycles. The van der Waals surface area contributed by atoms with Crippen LogP contribution >= 0.6 is 22.9 Å². The fourth-order valence-electron chi connectivity index (χ4n) is 3.92. The van der Waals surface area contributed by atoms with Gasteiger partial charge in [0.05, 0.1) is 0 Å². The van der Waals surface area contributed by atoms with E-state index in [9.17, 15) is 0 Å². The first-order valence-electron chi connectivity index (χ1n) is 10.2. The number of nitrogens with zero attached hydrogens (tertiary/aromatic N) is 3. The number of thiophene rings is 1. The Bertz CT molecular complexity index is 1570. The molecule has 0 aliphatic heterocycles. The highest BCUT2D eigenvalue weighted by molar-refractivity contribution is 7.25. The summed E-state index contributed by atoms with van der Waals surface area (Å²) >= 11 is 8.10. The third kappa shape index (κ3) is 3.44. The first kappa shape index (κ1) is 19.1. The molecule has 0 spiro atoms. The molecule has 5 heteroatoms. The molecule has 0 unspecified atom stereocenters. The summed E-state index contributed by atoms with van der Waals surface area (Å²) in [5, 5.41) is 2.63. The van der Waals surface area contributed by atoms with Crippen LogP contribution in [0.4, 0.5) is 0 Å². The van der Waals surface area contributed by atoms with Gasteiger partial charge in [-0.3, -0.25) is 0 Å². The van der Waals surface area contributed by atoms with Crippen molar-refractivity contribution in [1.29, 1.82) is 0 Å². The zero-order valence-corrected chi connectivity index (χ0v) is 18.4. The van der Waals surface area contributed by atoms with Crippen LogP contribution < -0.4 is 0 Å². The van der Waals surface area contributed by atoms with Crippen molar-refractivity contribution in [2.75, 3.05) is 0 Å². The molecule has 152 valence electrons. The normalized spacial score (nSPS) is 11.3. The minimum absolute atomic E-state index is 0.187. The van der Waals surface area contributed by atoms with Crippen molar-refractivity contribution < 1.29 is 0 Å². The quantitative estimate of drug-likeness (QED) is 0.275. The zero-order chi connectivity index (χ0) is 21.5. The van der Waals surface area contributed by atoms with E-state index in [1.807, 2.05) is 36.4 Å². The van der Waals surface area contributed by atoms with Crippen LogP contribution in [-0.2, 0) is 0 Å². The summed E-state index contributed by atoms with van der Waals surface area (Å²) in [6.45, 7) is 0. The van der Waals surface area contributed by atoms with E-state index in [2.05, 4.69) is 70.6 Å². The minimum atomic E-state index is 0.187. The number of benzene rings is 4. The lowest BCUT2D eigenvalue weighted by molar-refractivity contribution is 1.07. The summed E-state index contributed by atoms with van der Waals surface area (Å²) in [4.78, 5) is 13.5. The first-order valence-corrected chi connectivity index (χ1v) is 11.4. The highest BCUT2D eigenvalue weighted by Gasteiger charge is 2.12. The van der Waals surface area contributed by atoms with Crippen LogP contribution in [0.5, 0.6) is 0 Å². The highest BCUT2D eigenvalue weighted by Crippen LogP contribution is 2.36. The highest BCUT2D eigenvalue weighted by atomic mass is 35.5. The van der Waals surface area contributed by atoms with E-state index in [-0.39, 0.29) is 5.28 Å². The van der Waals surface area contributed by atoms with Gasteiger partial charge in [-0.25, -0.2) is 4.98 Å². The van der Waals surface area contributed by atoms with Gasteiger partial charge in [-0.1, -0.05) is 72.8 Å². The summed E-state index contributed by atoms with van der Waals surface area (Å²) in [5.74, 6) is 1.14. The van der Waals surface area contributed by atoms with E-state index >= 15 is 0 Å². The molecule has 6 aromatic rings. The smallest absolute Gasteiger partial charge is 0.208 e. The van der Waals surface area contributed by atoms with Gasteiger partial charge >= 0.3 is 0 Å². The second-order valence-corrected chi connectivity index (χ2v) is 8.93. The Hall–Kier alpha value is -3.60. The molecule has 0 atom stereocenters. The molecule has 0 saturated carbocycles. The number of hydrogen-bond donors (Lipinski definition) is 0. The Morgan fingerprint density at radius 2 is 1.09 bits per heavy atom. The maximum atomic E-state index is 6.31. The Labute approximate surface area is 194 Å². The minimum Gasteiger partial charge on any atom is -0.208 e. The number of halogens is 1. The van der Waals surface area contributed by atoms with Crippen LogP contribution in [0.15, 0.2) is 97.1 Å². The van der Waals surface area contributed by atoms with Crippen LogP contribution in [0, 0.1) is 0 Å². The Morgan fingerprint density at radius 1 is 0.500 bits per heavy atom. The van der Waals surface area contributed by atoms with Gasteiger partial charge in [0.15, 0.2) is 11.6 Å². The molecule has 32 heavy (non-hydrogen) atoms. The van der Waals surface area contributed by atoms with Crippen molar-refractivity contribution in [3.05, 3.63) is 102 Å². The second-order valence-electron chi connectivity index (χ2n) is 7.50. The third-order valence-electron chi connectivity index (χ3n) is 5.49. The Morgan fingerprint density at radius 3 is 1.91 bits per heavy atom. The van der Waals surface area contributed by atoms with Gasteiger partial charge in [0.25, 0.3) is 0 Å². The van der Waals surface area contributed by atoms with E-state index in [1.165, 1.54) is 25.7 Å². The van der Waals surface area contributed by atoms with Crippen molar-refractivity contribution in [2.45, 2.75) is 0 Å². The SMILES string of the molecule is Clc1nc(-c2ccc(-c3ccccc3)cc2)nc(-c2ccc3sc4ccccc4c3c2)n1. The van der Waals surface area contributed by atoms with Crippen LogP contribution in [0.1, 0.15) is 0 Å². The molecule has 4 aromatic carbocycles. The molecule has 2 aromatic heterocycles. The van der Waals surface area contributed by atoms with Gasteiger partial charge in [-0.15, -0.1) is 11.3 Å². The van der Waals surface area contributed by atoms with Crippen LogP contribution in [-0.4, -0.2) is 15.0 Å². The van der Waals surface area contributed by atoms with Gasteiger partial charge in [0.2, 0.25) is 5.28 Å². The van der Waals surface area contributed by atoms with Gasteiger partial charge in [0, 0.05) is 31.3 Å². The molecular weight excluding hydrogens is 434 g/mol. The molecule has 0 fully saturated rings. The molecular formula is C27H16ClN3S. The molecule has 0 aliphatic rings. The summed E-state index contributed by atoms with van der Waals surface area (Å²) in [6.07, 6.45) is 0. The molecule has 0 N–H and O–H groups in total. The third-order valence-corrected chi connectivity index (χ3v) is 6.81. The predicted octanol–water partition coefficient (Wildman–Crippen LogP) is 7.89. The lowest BCUT2D eigenvalue weighted by Crippen LogP contribution is -1.97. The van der Waals surface area contributed by atoms with E-state index in [1.54, 1.807) is 11.3 Å². The molecule has 0 bridgehead atoms. The van der Waals surface area contributed by atoms with E-state index in [4.69, 9.17) is 16.6 Å². The Balaban J connectivity index is 1.42. The lowest BCUT2D eigenvalue weighted by atomic mass is 10.0. The van der Waals surface area contributed by atoms with Gasteiger partial charge < -0.3 is 0 Å². The van der Waals surface area contributed by atoms with Gasteiger partial charge in [0.1, 0.15) is 0 Å². The number of aromatic nitrogens is 3. The monoisotopic (exact) mass is 449 g/mol. The van der Waals surface area contributed by atoms with E-state index in [0.717, 1.165) is 16.7 Å². The second kappa shape index (κ2) is 7.83. The van der Waals surface area contributed by atoms with E-state index in [0.29, 0.717) is 11.6 Å². The summed E-state index contributed by atoms with van der Waals surface area (Å²) in [7, 11) is 0. The van der Waals surface area contributed by atoms with Crippen molar-refractivity contribution in [3.63, 3.8) is 0 Å². The fourth-order valence-corrected chi connectivity index (χ4v) is 5.16. The van der Waals surface area contributed by atoms with Crippen molar-refractivity contribution in [2.24, 2.45) is 0 Å². The van der Waals surface area contributed by atoms with Gasteiger partial charge in [-0.05, 0) is 47.0 Å². The summed E-state index contributed by atoms with van der Waals surface area (Å²) < 4.78 is 2.51. The number of hydrogen-bond acceptors (Lipinski definition) is 4.